The average molecular weight is 242 g/mol. The lowest BCUT2D eigenvalue weighted by Gasteiger charge is -1.98. The molecule has 0 aliphatic heterocycles. The SMILES string of the molecule is Cc1cc(F)cc(-c2nc3c(N)cccc3o2)c1. The van der Waals surface area contributed by atoms with Gasteiger partial charge in [-0.3, -0.25) is 0 Å². The van der Waals surface area contributed by atoms with E-state index in [9.17, 15) is 4.39 Å². The number of aromatic nitrogens is 1. The van der Waals surface area contributed by atoms with Crippen LogP contribution in [0.15, 0.2) is 40.8 Å². The molecule has 0 fully saturated rings. The van der Waals surface area contributed by atoms with E-state index in [1.807, 2.05) is 13.0 Å². The van der Waals surface area contributed by atoms with E-state index < -0.39 is 0 Å². The fourth-order valence-electron chi connectivity index (χ4n) is 1.95. The molecular weight excluding hydrogens is 231 g/mol. The Balaban J connectivity index is 2.22. The zero-order valence-electron chi connectivity index (χ0n) is 9.77. The summed E-state index contributed by atoms with van der Waals surface area (Å²) in [4.78, 5) is 4.31. The van der Waals surface area contributed by atoms with Gasteiger partial charge in [0.15, 0.2) is 5.58 Å². The smallest absolute Gasteiger partial charge is 0.227 e. The first-order valence-corrected chi connectivity index (χ1v) is 5.56. The van der Waals surface area contributed by atoms with Crippen LogP contribution in [0.25, 0.3) is 22.6 Å². The van der Waals surface area contributed by atoms with Crippen LogP contribution in [-0.4, -0.2) is 4.98 Å². The summed E-state index contributed by atoms with van der Waals surface area (Å²) in [6.45, 7) is 1.82. The van der Waals surface area contributed by atoms with Gasteiger partial charge in [-0.15, -0.1) is 0 Å². The Hall–Kier alpha value is -2.36. The summed E-state index contributed by atoms with van der Waals surface area (Å²) in [5.41, 5.74) is 9.01. The number of aryl methyl sites for hydroxylation is 1. The minimum Gasteiger partial charge on any atom is -0.436 e. The molecule has 90 valence electrons. The molecule has 0 amide bonds. The third-order valence-electron chi connectivity index (χ3n) is 2.74. The van der Waals surface area contributed by atoms with Crippen molar-refractivity contribution in [1.29, 1.82) is 0 Å². The average Bonchev–Trinajstić information content (AvgIpc) is 2.73. The summed E-state index contributed by atoms with van der Waals surface area (Å²) in [5, 5.41) is 0. The summed E-state index contributed by atoms with van der Waals surface area (Å²) in [5.74, 6) is 0.0747. The third-order valence-corrected chi connectivity index (χ3v) is 2.74. The van der Waals surface area contributed by atoms with Gasteiger partial charge in [0.2, 0.25) is 5.89 Å². The van der Waals surface area contributed by atoms with Crippen LogP contribution < -0.4 is 5.73 Å². The van der Waals surface area contributed by atoms with E-state index >= 15 is 0 Å². The molecule has 0 spiro atoms. The molecule has 1 heterocycles. The molecule has 2 N–H and O–H groups in total. The Kier molecular flexibility index (Phi) is 2.30. The zero-order chi connectivity index (χ0) is 12.7. The van der Waals surface area contributed by atoms with Crippen LogP contribution in [0.3, 0.4) is 0 Å². The van der Waals surface area contributed by atoms with E-state index in [-0.39, 0.29) is 5.82 Å². The van der Waals surface area contributed by atoms with Gasteiger partial charge >= 0.3 is 0 Å². The Morgan fingerprint density at radius 1 is 1.22 bits per heavy atom. The molecule has 0 saturated carbocycles. The van der Waals surface area contributed by atoms with Gasteiger partial charge < -0.3 is 10.2 Å². The van der Waals surface area contributed by atoms with Crippen molar-refractivity contribution in [1.82, 2.24) is 4.98 Å². The second kappa shape index (κ2) is 3.84. The molecule has 1 aromatic heterocycles. The first kappa shape index (κ1) is 10.8. The number of para-hydroxylation sites is 1. The summed E-state index contributed by atoms with van der Waals surface area (Å²) >= 11 is 0. The van der Waals surface area contributed by atoms with Gasteiger partial charge in [0.05, 0.1) is 5.69 Å². The number of nitrogens with zero attached hydrogens (tertiary/aromatic N) is 1. The molecule has 0 saturated heterocycles. The summed E-state index contributed by atoms with van der Waals surface area (Å²) in [6.07, 6.45) is 0. The topological polar surface area (TPSA) is 52.0 Å². The van der Waals surface area contributed by atoms with Crippen LogP contribution in [0.4, 0.5) is 10.1 Å². The second-order valence-corrected chi connectivity index (χ2v) is 4.23. The van der Waals surface area contributed by atoms with Gasteiger partial charge in [-0.25, -0.2) is 9.37 Å². The number of oxazole rings is 1. The molecule has 0 aliphatic carbocycles. The normalized spacial score (nSPS) is 11.0. The summed E-state index contributed by atoms with van der Waals surface area (Å²) < 4.78 is 18.9. The van der Waals surface area contributed by atoms with Crippen molar-refractivity contribution in [3.05, 3.63) is 47.8 Å². The van der Waals surface area contributed by atoms with Crippen molar-refractivity contribution in [2.24, 2.45) is 0 Å². The zero-order valence-corrected chi connectivity index (χ0v) is 9.77. The molecule has 0 bridgehead atoms. The minimum absolute atomic E-state index is 0.305. The summed E-state index contributed by atoms with van der Waals surface area (Å²) in [7, 11) is 0. The highest BCUT2D eigenvalue weighted by Gasteiger charge is 2.11. The van der Waals surface area contributed by atoms with Crippen molar-refractivity contribution in [3.8, 4) is 11.5 Å². The number of nitrogen functional groups attached to an aromatic ring is 1. The van der Waals surface area contributed by atoms with Gasteiger partial charge in [0, 0.05) is 5.56 Å². The molecule has 0 aliphatic rings. The first-order chi connectivity index (χ1) is 8.63. The molecule has 3 nitrogen and oxygen atoms in total. The van der Waals surface area contributed by atoms with Gasteiger partial charge in [0.25, 0.3) is 0 Å². The van der Waals surface area contributed by atoms with E-state index in [1.54, 1.807) is 18.2 Å². The standard InChI is InChI=1S/C14H11FN2O/c1-8-5-9(7-10(15)6-8)14-17-13-11(16)3-2-4-12(13)18-14/h2-7H,16H2,1H3. The molecule has 18 heavy (non-hydrogen) atoms. The second-order valence-electron chi connectivity index (χ2n) is 4.23. The van der Waals surface area contributed by atoms with E-state index in [0.717, 1.165) is 5.56 Å². The highest BCUT2D eigenvalue weighted by Crippen LogP contribution is 2.28. The van der Waals surface area contributed by atoms with Crippen molar-refractivity contribution >= 4 is 16.8 Å². The lowest BCUT2D eigenvalue weighted by atomic mass is 10.1. The minimum atomic E-state index is -0.305. The predicted octanol–water partition coefficient (Wildman–Crippen LogP) is 3.52. The molecule has 2 aromatic carbocycles. The summed E-state index contributed by atoms with van der Waals surface area (Å²) in [6, 6.07) is 10.0. The highest BCUT2D eigenvalue weighted by atomic mass is 19.1. The van der Waals surface area contributed by atoms with E-state index in [0.29, 0.717) is 28.2 Å². The number of benzene rings is 2. The molecule has 0 atom stereocenters. The van der Waals surface area contributed by atoms with Crippen LogP contribution in [0.1, 0.15) is 5.56 Å². The molecule has 0 unspecified atom stereocenters. The van der Waals surface area contributed by atoms with Crippen LogP contribution in [0.5, 0.6) is 0 Å². The largest absolute Gasteiger partial charge is 0.436 e. The van der Waals surface area contributed by atoms with Gasteiger partial charge in [-0.1, -0.05) is 6.07 Å². The van der Waals surface area contributed by atoms with Gasteiger partial charge in [0.1, 0.15) is 11.3 Å². The first-order valence-electron chi connectivity index (χ1n) is 5.56. The van der Waals surface area contributed by atoms with Gasteiger partial charge in [-0.2, -0.15) is 0 Å². The molecule has 3 aromatic rings. The molecule has 3 rings (SSSR count). The van der Waals surface area contributed by atoms with Crippen molar-refractivity contribution in [2.45, 2.75) is 6.92 Å². The lowest BCUT2D eigenvalue weighted by Crippen LogP contribution is -1.86. The molecular formula is C14H11FN2O. The Morgan fingerprint density at radius 2 is 2.06 bits per heavy atom. The maximum atomic E-state index is 13.4. The number of fused-ring (bicyclic) bond motifs is 1. The number of anilines is 1. The number of halogens is 1. The Bertz CT molecular complexity index is 713. The van der Waals surface area contributed by atoms with E-state index in [1.165, 1.54) is 12.1 Å². The predicted molar refractivity (Wildman–Crippen MR) is 68.6 cm³/mol. The number of nitrogens with two attached hydrogens (primary N) is 1. The lowest BCUT2D eigenvalue weighted by molar-refractivity contribution is 0.610. The van der Waals surface area contributed by atoms with Crippen molar-refractivity contribution in [2.75, 3.05) is 5.73 Å². The quantitative estimate of drug-likeness (QED) is 0.664. The van der Waals surface area contributed by atoms with E-state index in [4.69, 9.17) is 10.2 Å². The van der Waals surface area contributed by atoms with Crippen molar-refractivity contribution in [3.63, 3.8) is 0 Å². The number of hydrogen-bond acceptors (Lipinski definition) is 3. The maximum absolute atomic E-state index is 13.4. The number of hydrogen-bond donors (Lipinski definition) is 1. The Labute approximate surface area is 103 Å². The fourth-order valence-corrected chi connectivity index (χ4v) is 1.95. The van der Waals surface area contributed by atoms with Crippen LogP contribution in [0, 0.1) is 12.7 Å². The van der Waals surface area contributed by atoms with Crippen LogP contribution >= 0.6 is 0 Å². The monoisotopic (exact) mass is 242 g/mol. The maximum Gasteiger partial charge on any atom is 0.227 e. The Morgan fingerprint density at radius 3 is 2.78 bits per heavy atom. The van der Waals surface area contributed by atoms with Crippen LogP contribution in [0.2, 0.25) is 0 Å². The fraction of sp³-hybridized carbons (Fsp3) is 0.0714. The molecule has 4 heteroatoms. The highest BCUT2D eigenvalue weighted by molar-refractivity contribution is 5.87. The third kappa shape index (κ3) is 1.72. The van der Waals surface area contributed by atoms with E-state index in [2.05, 4.69) is 4.98 Å². The number of rotatable bonds is 1. The van der Waals surface area contributed by atoms with Crippen molar-refractivity contribution < 1.29 is 8.81 Å². The van der Waals surface area contributed by atoms with Gasteiger partial charge in [-0.05, 0) is 42.8 Å². The molecule has 0 radical (unpaired) electrons. The van der Waals surface area contributed by atoms with Crippen LogP contribution in [-0.2, 0) is 0 Å².